The molecule has 0 spiro atoms. The molecular formula is C29H46O. The highest BCUT2D eigenvalue weighted by molar-refractivity contribution is 5.10. The Hall–Kier alpha value is -1.76. The molecule has 1 atom stereocenters. The molecule has 1 aromatic heterocycles. The normalized spacial score (nSPS) is 15.0. The van der Waals surface area contributed by atoms with Crippen LogP contribution in [0.5, 0.6) is 0 Å². The Morgan fingerprint density at radius 3 is 1.77 bits per heavy atom. The maximum atomic E-state index is 5.12. The third kappa shape index (κ3) is 13.5. The lowest BCUT2D eigenvalue weighted by Crippen LogP contribution is -1.92. The Morgan fingerprint density at radius 2 is 1.30 bits per heavy atom. The first-order valence-corrected chi connectivity index (χ1v) is 12.0. The van der Waals surface area contributed by atoms with Gasteiger partial charge in [0.2, 0.25) is 0 Å². The van der Waals surface area contributed by atoms with Gasteiger partial charge in [0.15, 0.2) is 0 Å². The monoisotopic (exact) mass is 410 g/mol. The van der Waals surface area contributed by atoms with Gasteiger partial charge in [0.1, 0.15) is 0 Å². The summed E-state index contributed by atoms with van der Waals surface area (Å²) in [5.74, 6) is 0.814. The van der Waals surface area contributed by atoms with E-state index in [0.717, 1.165) is 25.2 Å². The standard InChI is InChI=1S/C29H46O/c1-7-24(2)22-28(6)18-10-16-26(4)14-8-12-25(3)13-9-15-27(5)17-11-19-29-20-21-30-23-29/h13-14,17-18,20-21,23-24H,7-12,15-16,19,22H2,1-6H3/b25-13+,26-14+,27-17+,28-18+. The molecule has 0 bridgehead atoms. The van der Waals surface area contributed by atoms with Gasteiger partial charge in [-0.2, -0.15) is 0 Å². The van der Waals surface area contributed by atoms with E-state index in [-0.39, 0.29) is 0 Å². The van der Waals surface area contributed by atoms with E-state index < -0.39 is 0 Å². The van der Waals surface area contributed by atoms with Gasteiger partial charge in [-0.3, -0.25) is 0 Å². The fraction of sp³-hybridized carbons (Fsp3) is 0.586. The van der Waals surface area contributed by atoms with Crippen molar-refractivity contribution in [3.8, 4) is 0 Å². The molecule has 1 heterocycles. The third-order valence-electron chi connectivity index (χ3n) is 5.97. The summed E-state index contributed by atoms with van der Waals surface area (Å²) >= 11 is 0. The van der Waals surface area contributed by atoms with Gasteiger partial charge in [-0.05, 0) is 103 Å². The molecule has 0 radical (unpaired) electrons. The second kappa shape index (κ2) is 16.0. The van der Waals surface area contributed by atoms with Crippen LogP contribution in [0.15, 0.2) is 69.6 Å². The molecular weight excluding hydrogens is 364 g/mol. The Labute approximate surface area is 187 Å². The maximum Gasteiger partial charge on any atom is 0.0934 e. The molecule has 0 aromatic carbocycles. The Balaban J connectivity index is 2.20. The average Bonchev–Trinajstić information content (AvgIpc) is 3.21. The van der Waals surface area contributed by atoms with Crippen LogP contribution in [0.3, 0.4) is 0 Å². The van der Waals surface area contributed by atoms with Crippen LogP contribution in [0.4, 0.5) is 0 Å². The van der Waals surface area contributed by atoms with Crippen LogP contribution in [0.25, 0.3) is 0 Å². The van der Waals surface area contributed by atoms with Crippen molar-refractivity contribution in [2.24, 2.45) is 5.92 Å². The third-order valence-corrected chi connectivity index (χ3v) is 5.97. The van der Waals surface area contributed by atoms with Gasteiger partial charge in [0, 0.05) is 0 Å². The smallest absolute Gasteiger partial charge is 0.0934 e. The molecule has 1 heteroatoms. The van der Waals surface area contributed by atoms with Crippen molar-refractivity contribution in [1.82, 2.24) is 0 Å². The predicted molar refractivity (Wildman–Crippen MR) is 134 cm³/mol. The second-order valence-electron chi connectivity index (χ2n) is 9.21. The maximum absolute atomic E-state index is 5.12. The molecule has 0 fully saturated rings. The number of allylic oxidation sites excluding steroid dienone is 8. The molecule has 1 nitrogen and oxygen atoms in total. The molecule has 30 heavy (non-hydrogen) atoms. The van der Waals surface area contributed by atoms with Crippen LogP contribution in [-0.4, -0.2) is 0 Å². The highest BCUT2D eigenvalue weighted by Crippen LogP contribution is 2.17. The van der Waals surface area contributed by atoms with E-state index in [1.165, 1.54) is 67.2 Å². The first kappa shape index (κ1) is 26.3. The van der Waals surface area contributed by atoms with Gasteiger partial charge in [-0.25, -0.2) is 0 Å². The van der Waals surface area contributed by atoms with E-state index in [0.29, 0.717) is 0 Å². The summed E-state index contributed by atoms with van der Waals surface area (Å²) in [7, 11) is 0. The molecule has 0 amide bonds. The second-order valence-corrected chi connectivity index (χ2v) is 9.21. The number of aryl methyl sites for hydroxylation is 1. The summed E-state index contributed by atoms with van der Waals surface area (Å²) in [4.78, 5) is 0. The molecule has 0 saturated heterocycles. The predicted octanol–water partition coefficient (Wildman–Crippen LogP) is 9.77. The average molecular weight is 411 g/mol. The van der Waals surface area contributed by atoms with Crippen molar-refractivity contribution in [1.29, 1.82) is 0 Å². The van der Waals surface area contributed by atoms with Gasteiger partial charge in [0.25, 0.3) is 0 Å². The fourth-order valence-electron chi connectivity index (χ4n) is 3.64. The van der Waals surface area contributed by atoms with E-state index in [2.05, 4.69) is 71.9 Å². The zero-order valence-electron chi connectivity index (χ0n) is 20.6. The first-order valence-electron chi connectivity index (χ1n) is 12.0. The molecule has 0 N–H and O–H groups in total. The number of hydrogen-bond donors (Lipinski definition) is 0. The van der Waals surface area contributed by atoms with Crippen molar-refractivity contribution < 1.29 is 4.42 Å². The Bertz CT molecular complexity index is 682. The highest BCUT2D eigenvalue weighted by Gasteiger charge is 1.99. The van der Waals surface area contributed by atoms with E-state index in [1.54, 1.807) is 11.8 Å². The lowest BCUT2D eigenvalue weighted by Gasteiger charge is -2.08. The van der Waals surface area contributed by atoms with E-state index in [9.17, 15) is 0 Å². The minimum atomic E-state index is 0.814. The largest absolute Gasteiger partial charge is 0.472 e. The van der Waals surface area contributed by atoms with Crippen molar-refractivity contribution in [3.05, 3.63) is 70.8 Å². The van der Waals surface area contributed by atoms with Gasteiger partial charge >= 0.3 is 0 Å². The van der Waals surface area contributed by atoms with Gasteiger partial charge in [-0.1, -0.05) is 66.9 Å². The van der Waals surface area contributed by atoms with Gasteiger partial charge in [0.05, 0.1) is 12.5 Å². The van der Waals surface area contributed by atoms with E-state index in [1.807, 2.05) is 6.26 Å². The lowest BCUT2D eigenvalue weighted by atomic mass is 9.98. The Kier molecular flexibility index (Phi) is 14.0. The minimum Gasteiger partial charge on any atom is -0.472 e. The molecule has 0 saturated carbocycles. The van der Waals surface area contributed by atoms with Crippen molar-refractivity contribution in [3.63, 3.8) is 0 Å². The summed E-state index contributed by atoms with van der Waals surface area (Å²) in [6.07, 6.45) is 25.0. The van der Waals surface area contributed by atoms with E-state index >= 15 is 0 Å². The van der Waals surface area contributed by atoms with Crippen LogP contribution < -0.4 is 0 Å². The minimum absolute atomic E-state index is 0.814. The zero-order chi connectivity index (χ0) is 22.2. The molecule has 1 aromatic rings. The molecule has 168 valence electrons. The van der Waals surface area contributed by atoms with Crippen molar-refractivity contribution >= 4 is 0 Å². The molecule has 1 unspecified atom stereocenters. The quantitative estimate of drug-likeness (QED) is 0.262. The van der Waals surface area contributed by atoms with E-state index in [4.69, 9.17) is 4.42 Å². The summed E-state index contributed by atoms with van der Waals surface area (Å²) in [5, 5.41) is 0. The fourth-order valence-corrected chi connectivity index (χ4v) is 3.64. The van der Waals surface area contributed by atoms with Crippen molar-refractivity contribution in [2.75, 3.05) is 0 Å². The molecule has 1 rings (SSSR count). The molecule has 0 aliphatic rings. The SMILES string of the molecule is CCC(C)C/C(C)=C/CC/C(C)=C/CC/C(C)=C/CC/C(C)=C/CCc1ccoc1. The van der Waals surface area contributed by atoms with Crippen molar-refractivity contribution in [2.45, 2.75) is 106 Å². The summed E-state index contributed by atoms with van der Waals surface area (Å²) in [6.45, 7) is 13.7. The van der Waals surface area contributed by atoms with Crippen LogP contribution in [0.1, 0.15) is 105 Å². The molecule has 0 aliphatic carbocycles. The summed E-state index contributed by atoms with van der Waals surface area (Å²) < 4.78 is 5.12. The number of hydrogen-bond acceptors (Lipinski definition) is 1. The van der Waals surface area contributed by atoms with Crippen LogP contribution in [-0.2, 0) is 6.42 Å². The van der Waals surface area contributed by atoms with Crippen LogP contribution in [0.2, 0.25) is 0 Å². The summed E-state index contributed by atoms with van der Waals surface area (Å²) in [5.41, 5.74) is 7.40. The highest BCUT2D eigenvalue weighted by atomic mass is 16.3. The lowest BCUT2D eigenvalue weighted by molar-refractivity contribution is 0.556. The van der Waals surface area contributed by atoms with Crippen LogP contribution in [0, 0.1) is 5.92 Å². The molecule has 0 aliphatic heterocycles. The van der Waals surface area contributed by atoms with Crippen LogP contribution >= 0.6 is 0 Å². The van der Waals surface area contributed by atoms with Gasteiger partial charge < -0.3 is 4.42 Å². The zero-order valence-corrected chi connectivity index (χ0v) is 20.6. The number of furan rings is 1. The summed E-state index contributed by atoms with van der Waals surface area (Å²) in [6, 6.07) is 2.05. The first-order chi connectivity index (χ1) is 14.4. The number of rotatable bonds is 15. The van der Waals surface area contributed by atoms with Gasteiger partial charge in [-0.15, -0.1) is 0 Å². The Morgan fingerprint density at radius 1 is 0.800 bits per heavy atom. The topological polar surface area (TPSA) is 13.1 Å².